The fraction of sp³-hybridized carbons (Fsp3) is 0.467. The number of aryl methyl sites for hydroxylation is 1. The molecule has 7 heteroatoms. The van der Waals surface area contributed by atoms with E-state index in [1.807, 2.05) is 24.3 Å². The van der Waals surface area contributed by atoms with Gasteiger partial charge in [0.25, 0.3) is 0 Å². The Labute approximate surface area is 129 Å². The fourth-order valence-electron chi connectivity index (χ4n) is 2.80. The average Bonchev–Trinajstić information content (AvgIpc) is 2.81. The van der Waals surface area contributed by atoms with E-state index in [4.69, 9.17) is 0 Å². The lowest BCUT2D eigenvalue weighted by Crippen LogP contribution is -2.31. The highest BCUT2D eigenvalue weighted by Gasteiger charge is 2.18. The minimum atomic E-state index is 0.724. The summed E-state index contributed by atoms with van der Waals surface area (Å²) in [5.74, 6) is 0.758. The van der Waals surface area contributed by atoms with Gasteiger partial charge in [0.05, 0.1) is 24.8 Å². The van der Waals surface area contributed by atoms with Crippen molar-refractivity contribution in [1.29, 1.82) is 5.26 Å². The van der Waals surface area contributed by atoms with Crippen molar-refractivity contribution in [2.45, 2.75) is 13.0 Å². The van der Waals surface area contributed by atoms with Gasteiger partial charge in [0.15, 0.2) is 5.82 Å². The molecule has 1 aliphatic heterocycles. The van der Waals surface area contributed by atoms with Crippen LogP contribution in [0.5, 0.6) is 0 Å². The standard InChI is InChI=1S/C15H19N7/c1-20-18-15(17-19-20)12-21-7-4-8-22(10-9-21)14-6-3-2-5-13(14)11-16/h2-3,5-6H,4,7-10,12H2,1H3. The zero-order chi connectivity index (χ0) is 15.4. The van der Waals surface area contributed by atoms with Gasteiger partial charge in [-0.05, 0) is 23.8 Å². The zero-order valence-corrected chi connectivity index (χ0v) is 12.7. The first-order valence-electron chi connectivity index (χ1n) is 7.45. The minimum Gasteiger partial charge on any atom is -0.369 e. The van der Waals surface area contributed by atoms with Crippen molar-refractivity contribution in [3.8, 4) is 6.07 Å². The molecule has 0 bridgehead atoms. The van der Waals surface area contributed by atoms with Gasteiger partial charge in [0.1, 0.15) is 6.07 Å². The molecule has 2 aromatic rings. The Morgan fingerprint density at radius 2 is 2.05 bits per heavy atom. The van der Waals surface area contributed by atoms with Crippen LogP contribution in [0.4, 0.5) is 5.69 Å². The van der Waals surface area contributed by atoms with Crippen molar-refractivity contribution in [2.24, 2.45) is 7.05 Å². The van der Waals surface area contributed by atoms with E-state index in [0.29, 0.717) is 0 Å². The summed E-state index contributed by atoms with van der Waals surface area (Å²) in [7, 11) is 1.78. The quantitative estimate of drug-likeness (QED) is 0.834. The number of benzene rings is 1. The molecular weight excluding hydrogens is 278 g/mol. The van der Waals surface area contributed by atoms with Gasteiger partial charge < -0.3 is 4.90 Å². The Morgan fingerprint density at radius 1 is 1.18 bits per heavy atom. The second-order valence-corrected chi connectivity index (χ2v) is 5.44. The summed E-state index contributed by atoms with van der Waals surface area (Å²) in [4.78, 5) is 6.12. The lowest BCUT2D eigenvalue weighted by Gasteiger charge is -2.24. The summed E-state index contributed by atoms with van der Waals surface area (Å²) >= 11 is 0. The number of aromatic nitrogens is 4. The Kier molecular flexibility index (Phi) is 4.30. The second kappa shape index (κ2) is 6.54. The molecule has 0 unspecified atom stereocenters. The highest BCUT2D eigenvalue weighted by molar-refractivity contribution is 5.59. The molecule has 0 N–H and O–H groups in total. The van der Waals surface area contributed by atoms with Crippen LogP contribution in [0.2, 0.25) is 0 Å². The molecule has 0 saturated carbocycles. The first-order valence-corrected chi connectivity index (χ1v) is 7.45. The van der Waals surface area contributed by atoms with Crippen molar-refractivity contribution in [3.05, 3.63) is 35.7 Å². The van der Waals surface area contributed by atoms with Crippen LogP contribution in [-0.2, 0) is 13.6 Å². The SMILES string of the molecule is Cn1nnc(CN2CCCN(c3ccccc3C#N)CC2)n1. The number of anilines is 1. The number of hydrogen-bond donors (Lipinski definition) is 0. The van der Waals surface area contributed by atoms with Gasteiger partial charge in [-0.15, -0.1) is 10.2 Å². The molecular formula is C15H19N7. The predicted octanol–water partition coefficient (Wildman–Crippen LogP) is 0.794. The van der Waals surface area contributed by atoms with Gasteiger partial charge in [-0.2, -0.15) is 10.1 Å². The molecule has 7 nitrogen and oxygen atoms in total. The Balaban J connectivity index is 1.66. The van der Waals surface area contributed by atoms with Crippen molar-refractivity contribution in [1.82, 2.24) is 25.1 Å². The van der Waals surface area contributed by atoms with Gasteiger partial charge >= 0.3 is 0 Å². The Morgan fingerprint density at radius 3 is 2.82 bits per heavy atom. The molecule has 1 aromatic heterocycles. The number of rotatable bonds is 3. The highest BCUT2D eigenvalue weighted by Crippen LogP contribution is 2.21. The molecule has 22 heavy (non-hydrogen) atoms. The van der Waals surface area contributed by atoms with Crippen LogP contribution >= 0.6 is 0 Å². The minimum absolute atomic E-state index is 0.724. The van der Waals surface area contributed by atoms with E-state index in [1.54, 1.807) is 7.05 Å². The lowest BCUT2D eigenvalue weighted by molar-refractivity contribution is 0.278. The van der Waals surface area contributed by atoms with E-state index in [2.05, 4.69) is 31.3 Å². The van der Waals surface area contributed by atoms with Crippen molar-refractivity contribution in [2.75, 3.05) is 31.1 Å². The van der Waals surface area contributed by atoms with Crippen LogP contribution in [0.15, 0.2) is 24.3 Å². The van der Waals surface area contributed by atoms with Crippen molar-refractivity contribution >= 4 is 5.69 Å². The number of para-hydroxylation sites is 1. The smallest absolute Gasteiger partial charge is 0.188 e. The molecule has 1 saturated heterocycles. The van der Waals surface area contributed by atoms with Crippen LogP contribution < -0.4 is 4.90 Å². The first-order chi connectivity index (χ1) is 10.8. The molecule has 2 heterocycles. The molecule has 114 valence electrons. The van der Waals surface area contributed by atoms with Crippen LogP contribution in [-0.4, -0.2) is 51.3 Å². The third-order valence-electron chi connectivity index (χ3n) is 3.87. The van der Waals surface area contributed by atoms with E-state index in [0.717, 1.165) is 56.2 Å². The molecule has 0 amide bonds. The topological polar surface area (TPSA) is 73.9 Å². The number of tetrazole rings is 1. The summed E-state index contributed by atoms with van der Waals surface area (Å²) in [5.41, 5.74) is 1.77. The molecule has 3 rings (SSSR count). The maximum Gasteiger partial charge on any atom is 0.188 e. The number of hydrogen-bond acceptors (Lipinski definition) is 6. The van der Waals surface area contributed by atoms with Crippen LogP contribution in [0.3, 0.4) is 0 Å². The monoisotopic (exact) mass is 297 g/mol. The Bertz CT molecular complexity index is 673. The predicted molar refractivity (Wildman–Crippen MR) is 82.1 cm³/mol. The van der Waals surface area contributed by atoms with Crippen LogP contribution in [0, 0.1) is 11.3 Å². The number of nitrogens with zero attached hydrogens (tertiary/aromatic N) is 7. The molecule has 1 aromatic carbocycles. The molecule has 0 aliphatic carbocycles. The summed E-state index contributed by atoms with van der Waals surface area (Å²) in [6.45, 7) is 4.52. The van der Waals surface area contributed by atoms with Crippen molar-refractivity contribution in [3.63, 3.8) is 0 Å². The maximum atomic E-state index is 9.26. The van der Waals surface area contributed by atoms with Gasteiger partial charge in [0, 0.05) is 26.2 Å². The summed E-state index contributed by atoms with van der Waals surface area (Å²) < 4.78 is 0. The van der Waals surface area contributed by atoms with Crippen LogP contribution in [0.1, 0.15) is 17.8 Å². The van der Waals surface area contributed by atoms with Gasteiger partial charge in [-0.3, -0.25) is 4.90 Å². The zero-order valence-electron chi connectivity index (χ0n) is 12.7. The third kappa shape index (κ3) is 3.23. The lowest BCUT2D eigenvalue weighted by atomic mass is 10.1. The van der Waals surface area contributed by atoms with Crippen LogP contribution in [0.25, 0.3) is 0 Å². The second-order valence-electron chi connectivity index (χ2n) is 5.44. The van der Waals surface area contributed by atoms with E-state index < -0.39 is 0 Å². The first kappa shape index (κ1) is 14.5. The van der Waals surface area contributed by atoms with Gasteiger partial charge in [0.2, 0.25) is 0 Å². The van der Waals surface area contributed by atoms with Gasteiger partial charge in [-0.1, -0.05) is 12.1 Å². The molecule has 0 spiro atoms. The van der Waals surface area contributed by atoms with Gasteiger partial charge in [-0.25, -0.2) is 0 Å². The van der Waals surface area contributed by atoms with E-state index >= 15 is 0 Å². The Hall–Kier alpha value is -2.46. The molecule has 1 aliphatic rings. The summed E-state index contributed by atoms with van der Waals surface area (Å²) in [6, 6.07) is 10.1. The number of nitriles is 1. The third-order valence-corrected chi connectivity index (χ3v) is 3.87. The summed E-state index contributed by atoms with van der Waals surface area (Å²) in [6.07, 6.45) is 1.06. The maximum absolute atomic E-state index is 9.26. The average molecular weight is 297 g/mol. The van der Waals surface area contributed by atoms with E-state index in [1.165, 1.54) is 4.80 Å². The fourth-order valence-corrected chi connectivity index (χ4v) is 2.80. The highest BCUT2D eigenvalue weighted by atomic mass is 15.6. The van der Waals surface area contributed by atoms with E-state index in [-0.39, 0.29) is 0 Å². The molecule has 0 atom stereocenters. The van der Waals surface area contributed by atoms with E-state index in [9.17, 15) is 5.26 Å². The largest absolute Gasteiger partial charge is 0.369 e. The summed E-state index contributed by atoms with van der Waals surface area (Å²) in [5, 5.41) is 21.4. The normalized spacial score (nSPS) is 16.3. The molecule has 1 fully saturated rings. The molecule has 0 radical (unpaired) electrons. The van der Waals surface area contributed by atoms with Crippen molar-refractivity contribution < 1.29 is 0 Å².